The van der Waals surface area contributed by atoms with Crippen LogP contribution in [0.25, 0.3) is 0 Å². The van der Waals surface area contributed by atoms with Gasteiger partial charge in [0.2, 0.25) is 0 Å². The fourth-order valence-corrected chi connectivity index (χ4v) is 5.43. The lowest BCUT2D eigenvalue weighted by atomic mass is 10.6. The van der Waals surface area contributed by atoms with Gasteiger partial charge in [-0.15, -0.1) is 0 Å². The van der Waals surface area contributed by atoms with Gasteiger partial charge in [0.1, 0.15) is 0 Å². The van der Waals surface area contributed by atoms with Gasteiger partial charge in [-0.2, -0.15) is 0 Å². The highest BCUT2D eigenvalue weighted by Gasteiger charge is 1.89. The lowest BCUT2D eigenvalue weighted by molar-refractivity contribution is 1.57. The average Bonchev–Trinajstić information content (AvgIpc) is 1.72. The molecule has 1 rings (SSSR count). The summed E-state index contributed by atoms with van der Waals surface area (Å²) < 4.78 is 0. The minimum Gasteiger partial charge on any atom is -0.0923 e. The van der Waals surface area contributed by atoms with Gasteiger partial charge in [0.25, 0.3) is 0 Å². The number of hydrogen-bond donors (Lipinski definition) is 0. The molecule has 0 spiro atoms. The molecule has 0 radical (unpaired) electrons. The van der Waals surface area contributed by atoms with E-state index in [0.717, 1.165) is 0 Å². The first-order valence-electron chi connectivity index (χ1n) is 2.65. The molecule has 0 N–H and O–H groups in total. The third-order valence-corrected chi connectivity index (χ3v) is 7.09. The van der Waals surface area contributed by atoms with Crippen molar-refractivity contribution in [3.63, 3.8) is 0 Å². The molecule has 0 aromatic carbocycles. The van der Waals surface area contributed by atoms with E-state index in [1.807, 2.05) is 0 Å². The topological polar surface area (TPSA) is 0 Å². The highest BCUT2D eigenvalue weighted by Crippen LogP contribution is 1.93. The second-order valence-electron chi connectivity index (χ2n) is 1.76. The lowest BCUT2D eigenvalue weighted by Gasteiger charge is -1.95. The molecule has 0 amide bonds. The molecule has 6 heavy (non-hydrogen) atoms. The first-order valence-corrected chi connectivity index (χ1v) is 8.65. The Balaban J connectivity index is 2.26. The lowest BCUT2D eigenvalue weighted by Crippen LogP contribution is -2.02. The molecule has 0 nitrogen and oxygen atoms in total. The summed E-state index contributed by atoms with van der Waals surface area (Å²) in [6.45, 7) is 0. The molecule has 1 heterocycles. The van der Waals surface area contributed by atoms with Crippen molar-refractivity contribution < 1.29 is 0 Å². The zero-order chi connectivity index (χ0) is 4.24. The zero-order valence-electron chi connectivity index (χ0n) is 3.98. The Morgan fingerprint density at radius 1 is 1.00 bits per heavy atom. The molecule has 0 atom stereocenters. The summed E-state index contributed by atoms with van der Waals surface area (Å²) in [5.74, 6) is 0. The number of hydrogen-bond acceptors (Lipinski definition) is 0. The van der Waals surface area contributed by atoms with Crippen LogP contribution in [-0.2, 0) is 0 Å². The second kappa shape index (κ2) is 2.36. The van der Waals surface area contributed by atoms with Crippen LogP contribution in [0.3, 0.4) is 0 Å². The minimum atomic E-state index is 0.561. The Kier molecular flexibility index (Phi) is 1.71. The molecule has 0 saturated carbocycles. The van der Waals surface area contributed by atoms with E-state index in [0.29, 0.717) is 18.1 Å². The highest BCUT2D eigenvalue weighted by molar-refractivity contribution is 7.01. The predicted octanol–water partition coefficient (Wildman–Crippen LogP) is -0.355. The molecule has 1 aliphatic rings. The van der Waals surface area contributed by atoms with Gasteiger partial charge in [-0.05, 0) is 12.1 Å². The van der Waals surface area contributed by atoms with Crippen molar-refractivity contribution >= 4 is 18.1 Å². The van der Waals surface area contributed by atoms with E-state index in [1.165, 1.54) is 12.1 Å². The van der Waals surface area contributed by atoms with Crippen molar-refractivity contribution in [2.45, 2.75) is 12.1 Å². The maximum atomic E-state index is 2.36. The summed E-state index contributed by atoms with van der Waals surface area (Å²) in [5.41, 5.74) is 0. The fourth-order valence-electron chi connectivity index (χ4n) is 0.760. The molecule has 1 aliphatic heterocycles. The smallest absolute Gasteiger partial charge is 0.0130 e. The quantitative estimate of drug-likeness (QED) is 0.298. The van der Waals surface area contributed by atoms with Crippen LogP contribution in [0.15, 0.2) is 12.2 Å². The minimum absolute atomic E-state index is 0.561. The summed E-state index contributed by atoms with van der Waals surface area (Å²) in [4.78, 5) is 0. The molecule has 0 saturated heterocycles. The Hall–Kier alpha value is 0.174. The second-order valence-corrected chi connectivity index (χ2v) is 8.57. The maximum absolute atomic E-state index is 2.36. The van der Waals surface area contributed by atoms with Gasteiger partial charge in [0.05, 0.1) is 0 Å². The van der Waals surface area contributed by atoms with E-state index in [2.05, 4.69) is 12.2 Å². The molecule has 0 aromatic heterocycles. The Morgan fingerprint density at radius 2 is 1.50 bits per heavy atom. The Morgan fingerprint density at radius 3 is 1.67 bits per heavy atom. The van der Waals surface area contributed by atoms with Gasteiger partial charge >= 0.3 is 0 Å². The van der Waals surface area contributed by atoms with Gasteiger partial charge in [-0.1, -0.05) is 12.2 Å². The third-order valence-electron chi connectivity index (χ3n) is 1.16. The van der Waals surface area contributed by atoms with E-state index in [1.54, 1.807) is 0 Å². The first-order chi connectivity index (χ1) is 3.00. The fraction of sp³-hybridized carbons (Fsp3) is 0.500. The molecular weight excluding hydrogens is 104 g/mol. The monoisotopic (exact) mass is 114 g/mol. The van der Waals surface area contributed by atoms with Crippen LogP contribution >= 0.6 is 0 Å². The predicted molar refractivity (Wildman–Crippen MR) is 35.8 cm³/mol. The van der Waals surface area contributed by atoms with Crippen LogP contribution in [0.1, 0.15) is 0 Å². The zero-order valence-corrected chi connectivity index (χ0v) is 6.81. The first kappa shape index (κ1) is 4.34. The molecule has 34 valence electrons. The van der Waals surface area contributed by atoms with Crippen molar-refractivity contribution in [2.24, 2.45) is 0 Å². The van der Waals surface area contributed by atoms with Crippen LogP contribution in [-0.4, -0.2) is 18.1 Å². The molecular formula is C4H10Si2. The Bertz CT molecular complexity index is 50.6. The van der Waals surface area contributed by atoms with Crippen LogP contribution in [0.5, 0.6) is 0 Å². The highest BCUT2D eigenvalue weighted by atomic mass is 29.1. The van der Waals surface area contributed by atoms with Crippen LogP contribution in [0.4, 0.5) is 0 Å². The summed E-state index contributed by atoms with van der Waals surface area (Å²) in [7, 11) is 1.12. The van der Waals surface area contributed by atoms with E-state index in [9.17, 15) is 0 Å². The van der Waals surface area contributed by atoms with E-state index in [-0.39, 0.29) is 0 Å². The van der Waals surface area contributed by atoms with Crippen LogP contribution < -0.4 is 0 Å². The van der Waals surface area contributed by atoms with Crippen molar-refractivity contribution in [3.05, 3.63) is 12.2 Å². The average molecular weight is 114 g/mol. The van der Waals surface area contributed by atoms with E-state index >= 15 is 0 Å². The number of rotatable bonds is 0. The largest absolute Gasteiger partial charge is 0.0923 e. The normalized spacial score (nSPS) is 29.3. The van der Waals surface area contributed by atoms with Gasteiger partial charge in [0.15, 0.2) is 0 Å². The van der Waals surface area contributed by atoms with Gasteiger partial charge < -0.3 is 0 Å². The number of allylic oxidation sites excluding steroid dienone is 2. The molecule has 0 bridgehead atoms. The third kappa shape index (κ3) is 1.10. The molecule has 2 heteroatoms. The van der Waals surface area contributed by atoms with Crippen molar-refractivity contribution in [2.75, 3.05) is 0 Å². The van der Waals surface area contributed by atoms with Crippen molar-refractivity contribution in [1.29, 1.82) is 0 Å². The van der Waals surface area contributed by atoms with Crippen LogP contribution in [0, 0.1) is 0 Å². The standard InChI is InChI=1S/C4H10Si2/c1-2-4-6-5-3-1/h1-2H,3-6H2. The molecule has 0 aromatic rings. The molecule has 0 fully saturated rings. The molecule has 0 unspecified atom stereocenters. The van der Waals surface area contributed by atoms with Crippen molar-refractivity contribution in [1.82, 2.24) is 0 Å². The summed E-state index contributed by atoms with van der Waals surface area (Å²) in [6.07, 6.45) is 4.73. The van der Waals surface area contributed by atoms with Gasteiger partial charge in [0, 0.05) is 18.1 Å². The van der Waals surface area contributed by atoms with E-state index < -0.39 is 0 Å². The van der Waals surface area contributed by atoms with Crippen LogP contribution in [0.2, 0.25) is 12.1 Å². The Labute approximate surface area is 43.1 Å². The van der Waals surface area contributed by atoms with Gasteiger partial charge in [-0.3, -0.25) is 0 Å². The van der Waals surface area contributed by atoms with Gasteiger partial charge in [-0.25, -0.2) is 0 Å². The SMILES string of the molecule is C1=CC[SiH2][SiH2]C1. The van der Waals surface area contributed by atoms with E-state index in [4.69, 9.17) is 0 Å². The summed E-state index contributed by atoms with van der Waals surface area (Å²) in [5, 5.41) is 0. The maximum Gasteiger partial charge on any atom is 0.0130 e. The summed E-state index contributed by atoms with van der Waals surface area (Å²) in [6, 6.07) is 3.04. The van der Waals surface area contributed by atoms with Crippen molar-refractivity contribution in [3.8, 4) is 0 Å². The molecule has 0 aliphatic carbocycles. The summed E-state index contributed by atoms with van der Waals surface area (Å²) >= 11 is 0.